The van der Waals surface area contributed by atoms with Gasteiger partial charge in [0.2, 0.25) is 0 Å². The number of nitrogen functional groups attached to an aromatic ring is 1. The summed E-state index contributed by atoms with van der Waals surface area (Å²) in [5.41, 5.74) is 7.82. The first-order valence-electron chi connectivity index (χ1n) is 6.69. The maximum atomic E-state index is 5.96. The van der Waals surface area contributed by atoms with Crippen LogP contribution in [0.1, 0.15) is 12.2 Å². The molecule has 0 spiro atoms. The second-order valence-corrected chi connectivity index (χ2v) is 4.69. The minimum atomic E-state index is 0.759. The van der Waals surface area contributed by atoms with Crippen molar-refractivity contribution in [1.82, 2.24) is 15.0 Å². The summed E-state index contributed by atoms with van der Waals surface area (Å²) in [6.07, 6.45) is 9.18. The molecule has 0 aliphatic rings. The van der Waals surface area contributed by atoms with Crippen LogP contribution in [0.15, 0.2) is 43.0 Å². The van der Waals surface area contributed by atoms with E-state index >= 15 is 0 Å². The minimum absolute atomic E-state index is 0.759. The van der Waals surface area contributed by atoms with E-state index in [1.165, 1.54) is 0 Å². The van der Waals surface area contributed by atoms with Crippen LogP contribution in [0.25, 0.3) is 10.8 Å². The Hall–Kier alpha value is -2.56. The van der Waals surface area contributed by atoms with Crippen molar-refractivity contribution >= 4 is 22.1 Å². The van der Waals surface area contributed by atoms with Gasteiger partial charge in [-0.05, 0) is 24.6 Å². The summed E-state index contributed by atoms with van der Waals surface area (Å²) in [7, 11) is 0. The third-order valence-electron chi connectivity index (χ3n) is 3.31. The van der Waals surface area contributed by atoms with Crippen LogP contribution in [0.5, 0.6) is 0 Å². The van der Waals surface area contributed by atoms with E-state index in [1.54, 1.807) is 18.6 Å². The summed E-state index contributed by atoms with van der Waals surface area (Å²) < 4.78 is 0. The number of nitrogens with two attached hydrogens (primary N) is 1. The summed E-state index contributed by atoms with van der Waals surface area (Å²) >= 11 is 0. The van der Waals surface area contributed by atoms with Crippen LogP contribution in [0.4, 0.5) is 11.4 Å². The maximum absolute atomic E-state index is 5.96. The molecule has 4 N–H and O–H groups in total. The highest BCUT2D eigenvalue weighted by atomic mass is 14.9. The SMILES string of the molecule is Nc1ccc(NCCCc2ncc[nH]2)c2ccncc12. The van der Waals surface area contributed by atoms with Gasteiger partial charge < -0.3 is 16.0 Å². The molecule has 5 nitrogen and oxygen atoms in total. The Morgan fingerprint density at radius 3 is 2.95 bits per heavy atom. The molecule has 1 aromatic carbocycles. The zero-order valence-electron chi connectivity index (χ0n) is 11.1. The molecule has 3 aromatic rings. The minimum Gasteiger partial charge on any atom is -0.398 e. The van der Waals surface area contributed by atoms with Crippen LogP contribution >= 0.6 is 0 Å². The summed E-state index contributed by atoms with van der Waals surface area (Å²) in [5, 5.41) is 5.55. The first-order valence-corrected chi connectivity index (χ1v) is 6.69. The van der Waals surface area contributed by atoms with Gasteiger partial charge in [-0.15, -0.1) is 0 Å². The molecule has 2 aromatic heterocycles. The Kier molecular flexibility index (Phi) is 3.50. The lowest BCUT2D eigenvalue weighted by Gasteiger charge is -2.10. The standard InChI is InChI=1S/C15H17N5/c16-13-3-4-14(11-5-7-17-10-12(11)13)18-6-1-2-15-19-8-9-20-15/h3-5,7-10,18H,1-2,6,16H2,(H,19,20). The van der Waals surface area contributed by atoms with Crippen molar-refractivity contribution in [3.8, 4) is 0 Å². The van der Waals surface area contributed by atoms with E-state index in [0.717, 1.165) is 47.4 Å². The molecular formula is C15H17N5. The lowest BCUT2D eigenvalue weighted by Crippen LogP contribution is -2.04. The van der Waals surface area contributed by atoms with Crippen LogP contribution in [0.3, 0.4) is 0 Å². The van der Waals surface area contributed by atoms with Gasteiger partial charge in [-0.3, -0.25) is 4.98 Å². The van der Waals surface area contributed by atoms with Crippen molar-refractivity contribution in [3.05, 3.63) is 48.8 Å². The van der Waals surface area contributed by atoms with Gasteiger partial charge in [-0.25, -0.2) is 4.98 Å². The zero-order chi connectivity index (χ0) is 13.8. The molecule has 0 radical (unpaired) electrons. The number of pyridine rings is 1. The van der Waals surface area contributed by atoms with Gasteiger partial charge in [-0.2, -0.15) is 0 Å². The Morgan fingerprint density at radius 1 is 1.15 bits per heavy atom. The molecule has 0 atom stereocenters. The summed E-state index contributed by atoms with van der Waals surface area (Å²) in [6.45, 7) is 0.891. The molecule has 0 unspecified atom stereocenters. The van der Waals surface area contributed by atoms with Crippen molar-refractivity contribution in [2.75, 3.05) is 17.6 Å². The van der Waals surface area contributed by atoms with Gasteiger partial charge in [0.05, 0.1) is 0 Å². The number of hydrogen-bond acceptors (Lipinski definition) is 4. The predicted molar refractivity (Wildman–Crippen MR) is 81.6 cm³/mol. The highest BCUT2D eigenvalue weighted by Gasteiger charge is 2.03. The Morgan fingerprint density at radius 2 is 2.10 bits per heavy atom. The third kappa shape index (κ3) is 2.56. The second-order valence-electron chi connectivity index (χ2n) is 4.69. The lowest BCUT2D eigenvalue weighted by atomic mass is 10.1. The molecule has 0 aliphatic heterocycles. The van der Waals surface area contributed by atoms with Crippen molar-refractivity contribution < 1.29 is 0 Å². The van der Waals surface area contributed by atoms with Crippen molar-refractivity contribution in [2.45, 2.75) is 12.8 Å². The summed E-state index contributed by atoms with van der Waals surface area (Å²) in [4.78, 5) is 11.4. The van der Waals surface area contributed by atoms with Gasteiger partial charge in [0.15, 0.2) is 0 Å². The average molecular weight is 267 g/mol. The first kappa shape index (κ1) is 12.5. The van der Waals surface area contributed by atoms with E-state index in [-0.39, 0.29) is 0 Å². The Bertz CT molecular complexity index is 691. The normalized spacial score (nSPS) is 10.8. The fourth-order valence-electron chi connectivity index (χ4n) is 2.28. The van der Waals surface area contributed by atoms with E-state index in [0.29, 0.717) is 0 Å². The molecule has 0 saturated heterocycles. The lowest BCUT2D eigenvalue weighted by molar-refractivity contribution is 0.817. The number of nitrogens with zero attached hydrogens (tertiary/aromatic N) is 2. The van der Waals surface area contributed by atoms with E-state index < -0.39 is 0 Å². The smallest absolute Gasteiger partial charge is 0.106 e. The number of imidazole rings is 1. The fourth-order valence-corrected chi connectivity index (χ4v) is 2.28. The van der Waals surface area contributed by atoms with Crippen molar-refractivity contribution in [3.63, 3.8) is 0 Å². The highest BCUT2D eigenvalue weighted by molar-refractivity contribution is 6.00. The van der Waals surface area contributed by atoms with E-state index in [1.807, 2.05) is 24.4 Å². The molecule has 20 heavy (non-hydrogen) atoms. The quantitative estimate of drug-likeness (QED) is 0.490. The van der Waals surface area contributed by atoms with E-state index in [2.05, 4.69) is 20.3 Å². The maximum Gasteiger partial charge on any atom is 0.106 e. The number of benzene rings is 1. The van der Waals surface area contributed by atoms with E-state index in [4.69, 9.17) is 5.73 Å². The Balaban J connectivity index is 1.67. The van der Waals surface area contributed by atoms with Gasteiger partial charge in [0.1, 0.15) is 5.82 Å². The molecule has 102 valence electrons. The second kappa shape index (κ2) is 5.61. The molecule has 3 rings (SSSR count). The Labute approximate surface area is 117 Å². The summed E-state index contributed by atoms with van der Waals surface area (Å²) in [6, 6.07) is 5.92. The number of hydrogen-bond donors (Lipinski definition) is 3. The van der Waals surface area contributed by atoms with Gasteiger partial charge in [-0.1, -0.05) is 0 Å². The van der Waals surface area contributed by atoms with Crippen LogP contribution in [-0.4, -0.2) is 21.5 Å². The fraction of sp³-hybridized carbons (Fsp3) is 0.200. The highest BCUT2D eigenvalue weighted by Crippen LogP contribution is 2.27. The number of nitrogens with one attached hydrogen (secondary N) is 2. The van der Waals surface area contributed by atoms with Crippen molar-refractivity contribution in [2.24, 2.45) is 0 Å². The number of aryl methyl sites for hydroxylation is 1. The number of H-pyrrole nitrogens is 1. The molecule has 0 fully saturated rings. The topological polar surface area (TPSA) is 79.6 Å². The largest absolute Gasteiger partial charge is 0.398 e. The molecule has 0 amide bonds. The molecule has 0 saturated carbocycles. The third-order valence-corrected chi connectivity index (χ3v) is 3.31. The van der Waals surface area contributed by atoms with Gasteiger partial charge in [0.25, 0.3) is 0 Å². The zero-order valence-corrected chi connectivity index (χ0v) is 11.1. The van der Waals surface area contributed by atoms with Crippen LogP contribution in [-0.2, 0) is 6.42 Å². The van der Waals surface area contributed by atoms with Crippen molar-refractivity contribution in [1.29, 1.82) is 0 Å². The number of aromatic nitrogens is 3. The number of aromatic amines is 1. The van der Waals surface area contributed by atoms with E-state index in [9.17, 15) is 0 Å². The molecule has 0 aliphatic carbocycles. The monoisotopic (exact) mass is 267 g/mol. The molecular weight excluding hydrogens is 250 g/mol. The van der Waals surface area contributed by atoms with Gasteiger partial charge in [0, 0.05) is 59.9 Å². The molecule has 2 heterocycles. The number of fused-ring (bicyclic) bond motifs is 1. The number of rotatable bonds is 5. The van der Waals surface area contributed by atoms with Gasteiger partial charge >= 0.3 is 0 Å². The van der Waals surface area contributed by atoms with Crippen LogP contribution in [0.2, 0.25) is 0 Å². The average Bonchev–Trinajstić information content (AvgIpc) is 2.99. The van der Waals surface area contributed by atoms with Crippen LogP contribution in [0, 0.1) is 0 Å². The first-order chi connectivity index (χ1) is 9.84. The molecule has 0 bridgehead atoms. The van der Waals surface area contributed by atoms with Crippen LogP contribution < -0.4 is 11.1 Å². The molecule has 5 heteroatoms. The number of anilines is 2. The predicted octanol–water partition coefficient (Wildman–Crippen LogP) is 2.58. The summed E-state index contributed by atoms with van der Waals surface area (Å²) in [5.74, 6) is 1.03.